The summed E-state index contributed by atoms with van der Waals surface area (Å²) in [5, 5.41) is 3.97. The highest BCUT2D eigenvalue weighted by Crippen LogP contribution is 2.18. The van der Waals surface area contributed by atoms with Gasteiger partial charge in [-0.05, 0) is 43.3 Å². The molecule has 2 rings (SSSR count). The van der Waals surface area contributed by atoms with E-state index in [2.05, 4.69) is 15.0 Å². The highest BCUT2D eigenvalue weighted by molar-refractivity contribution is 7.89. The number of sulfonamides is 1. The molecule has 1 atom stereocenters. The maximum Gasteiger partial charge on any atom is 0.240 e. The van der Waals surface area contributed by atoms with Crippen molar-refractivity contribution in [3.05, 3.63) is 58.9 Å². The van der Waals surface area contributed by atoms with Gasteiger partial charge in [-0.3, -0.25) is 4.98 Å². The van der Waals surface area contributed by atoms with Crippen molar-refractivity contribution >= 4 is 21.6 Å². The van der Waals surface area contributed by atoms with E-state index in [0.717, 1.165) is 11.1 Å². The molecule has 0 aliphatic heterocycles. The van der Waals surface area contributed by atoms with Crippen LogP contribution in [-0.4, -0.2) is 20.4 Å². The Labute approximate surface area is 135 Å². The Hall–Kier alpha value is -1.47. The SMILES string of the molecule is CNS(=O)(=O)c1ccc([C@H](C)NCc2ccncc2Cl)cc1. The molecule has 0 saturated heterocycles. The van der Waals surface area contributed by atoms with Crippen molar-refractivity contribution in [3.8, 4) is 0 Å². The van der Waals surface area contributed by atoms with E-state index in [9.17, 15) is 8.42 Å². The van der Waals surface area contributed by atoms with Gasteiger partial charge >= 0.3 is 0 Å². The number of pyridine rings is 1. The summed E-state index contributed by atoms with van der Waals surface area (Å²) in [5.41, 5.74) is 1.97. The van der Waals surface area contributed by atoms with E-state index in [1.165, 1.54) is 7.05 Å². The first-order chi connectivity index (χ1) is 10.4. The average Bonchev–Trinajstić information content (AvgIpc) is 2.54. The quantitative estimate of drug-likeness (QED) is 0.848. The van der Waals surface area contributed by atoms with Crippen LogP contribution in [0.2, 0.25) is 5.02 Å². The summed E-state index contributed by atoms with van der Waals surface area (Å²) < 4.78 is 25.7. The molecule has 0 saturated carbocycles. The molecule has 5 nitrogen and oxygen atoms in total. The fourth-order valence-electron chi connectivity index (χ4n) is 1.98. The van der Waals surface area contributed by atoms with E-state index in [0.29, 0.717) is 11.6 Å². The van der Waals surface area contributed by atoms with Crippen molar-refractivity contribution in [1.82, 2.24) is 15.0 Å². The third kappa shape index (κ3) is 4.04. The standard InChI is InChI=1S/C15H18ClN3O2S/c1-11(19-9-13-7-8-18-10-15(13)16)12-3-5-14(6-4-12)22(20,21)17-2/h3-8,10-11,17,19H,9H2,1-2H3/t11-/m0/s1. The highest BCUT2D eigenvalue weighted by Gasteiger charge is 2.12. The molecule has 0 radical (unpaired) electrons. The summed E-state index contributed by atoms with van der Waals surface area (Å²) in [6.45, 7) is 2.62. The molecule has 2 aromatic rings. The topological polar surface area (TPSA) is 71.1 Å². The molecular formula is C15H18ClN3O2S. The largest absolute Gasteiger partial charge is 0.306 e. The van der Waals surface area contributed by atoms with Crippen LogP contribution in [0.5, 0.6) is 0 Å². The summed E-state index contributed by atoms with van der Waals surface area (Å²) in [5.74, 6) is 0. The lowest BCUT2D eigenvalue weighted by atomic mass is 10.1. The first-order valence-corrected chi connectivity index (χ1v) is 8.65. The van der Waals surface area contributed by atoms with E-state index < -0.39 is 10.0 Å². The molecule has 118 valence electrons. The lowest BCUT2D eigenvalue weighted by Gasteiger charge is -2.15. The van der Waals surface area contributed by atoms with Crippen molar-refractivity contribution in [1.29, 1.82) is 0 Å². The lowest BCUT2D eigenvalue weighted by molar-refractivity contribution is 0.573. The molecule has 0 amide bonds. The molecule has 7 heteroatoms. The van der Waals surface area contributed by atoms with Crippen molar-refractivity contribution in [2.24, 2.45) is 0 Å². The fourth-order valence-corrected chi connectivity index (χ4v) is 2.90. The predicted molar refractivity (Wildman–Crippen MR) is 87.2 cm³/mol. The number of hydrogen-bond acceptors (Lipinski definition) is 4. The van der Waals surface area contributed by atoms with Crippen LogP contribution in [0.25, 0.3) is 0 Å². The first-order valence-electron chi connectivity index (χ1n) is 6.79. The van der Waals surface area contributed by atoms with E-state index in [1.54, 1.807) is 36.7 Å². The normalized spacial score (nSPS) is 13.0. The summed E-state index contributed by atoms with van der Waals surface area (Å²) >= 11 is 6.06. The molecule has 0 spiro atoms. The van der Waals surface area contributed by atoms with Gasteiger partial charge in [0.25, 0.3) is 0 Å². The maximum absolute atomic E-state index is 11.7. The molecule has 0 bridgehead atoms. The van der Waals surface area contributed by atoms with Gasteiger partial charge in [-0.2, -0.15) is 0 Å². The van der Waals surface area contributed by atoms with Gasteiger partial charge in [0.1, 0.15) is 0 Å². The monoisotopic (exact) mass is 339 g/mol. The minimum absolute atomic E-state index is 0.0653. The van der Waals surface area contributed by atoms with Gasteiger partial charge in [-0.1, -0.05) is 23.7 Å². The van der Waals surface area contributed by atoms with Crippen LogP contribution in [0.3, 0.4) is 0 Å². The van der Waals surface area contributed by atoms with Gasteiger partial charge in [0.2, 0.25) is 10.0 Å². The minimum Gasteiger partial charge on any atom is -0.306 e. The van der Waals surface area contributed by atoms with Gasteiger partial charge in [0.15, 0.2) is 0 Å². The summed E-state index contributed by atoms with van der Waals surface area (Å²) in [6.07, 6.45) is 3.31. The zero-order chi connectivity index (χ0) is 16.2. The second-order valence-corrected chi connectivity index (χ2v) is 7.14. The second kappa shape index (κ2) is 7.19. The summed E-state index contributed by atoms with van der Waals surface area (Å²) in [4.78, 5) is 4.20. The third-order valence-corrected chi connectivity index (χ3v) is 5.18. The number of benzene rings is 1. The maximum atomic E-state index is 11.7. The fraction of sp³-hybridized carbons (Fsp3) is 0.267. The number of aromatic nitrogens is 1. The molecule has 1 aromatic carbocycles. The van der Waals surface area contributed by atoms with Crippen LogP contribution in [0.1, 0.15) is 24.1 Å². The predicted octanol–water partition coefficient (Wildman–Crippen LogP) is 2.49. The Morgan fingerprint density at radius 2 is 1.91 bits per heavy atom. The second-order valence-electron chi connectivity index (χ2n) is 4.85. The highest BCUT2D eigenvalue weighted by atomic mass is 35.5. The zero-order valence-electron chi connectivity index (χ0n) is 12.4. The molecule has 0 aliphatic carbocycles. The molecular weight excluding hydrogens is 322 g/mol. The van der Waals surface area contributed by atoms with Crippen LogP contribution in [-0.2, 0) is 16.6 Å². The number of nitrogens with zero attached hydrogens (tertiary/aromatic N) is 1. The molecule has 2 N–H and O–H groups in total. The van der Waals surface area contributed by atoms with Crippen LogP contribution in [0.15, 0.2) is 47.6 Å². The van der Waals surface area contributed by atoms with E-state index in [4.69, 9.17) is 11.6 Å². The Balaban J connectivity index is 2.04. The number of nitrogens with one attached hydrogen (secondary N) is 2. The molecule has 1 heterocycles. The Kier molecular flexibility index (Phi) is 5.52. The molecule has 0 unspecified atom stereocenters. The van der Waals surface area contributed by atoms with E-state index in [-0.39, 0.29) is 10.9 Å². The molecule has 22 heavy (non-hydrogen) atoms. The van der Waals surface area contributed by atoms with Gasteiger partial charge in [0, 0.05) is 25.0 Å². The minimum atomic E-state index is -3.40. The molecule has 0 aliphatic rings. The summed E-state index contributed by atoms with van der Waals surface area (Å²) in [7, 11) is -2.00. The third-order valence-electron chi connectivity index (χ3n) is 3.41. The lowest BCUT2D eigenvalue weighted by Crippen LogP contribution is -2.20. The number of rotatable bonds is 6. The Morgan fingerprint density at radius 1 is 1.23 bits per heavy atom. The molecule has 0 fully saturated rings. The van der Waals surface area contributed by atoms with Crippen molar-refractivity contribution in [2.75, 3.05) is 7.05 Å². The van der Waals surface area contributed by atoms with Gasteiger partial charge in [-0.15, -0.1) is 0 Å². The van der Waals surface area contributed by atoms with E-state index in [1.807, 2.05) is 13.0 Å². The van der Waals surface area contributed by atoms with Crippen LogP contribution in [0.4, 0.5) is 0 Å². The van der Waals surface area contributed by atoms with Gasteiger partial charge in [-0.25, -0.2) is 13.1 Å². The van der Waals surface area contributed by atoms with Crippen LogP contribution < -0.4 is 10.0 Å². The Bertz CT molecular complexity index is 733. The number of halogens is 1. The van der Waals surface area contributed by atoms with Crippen LogP contribution in [0, 0.1) is 0 Å². The molecule has 1 aromatic heterocycles. The van der Waals surface area contributed by atoms with Crippen molar-refractivity contribution in [3.63, 3.8) is 0 Å². The van der Waals surface area contributed by atoms with Gasteiger partial charge < -0.3 is 5.32 Å². The number of hydrogen-bond donors (Lipinski definition) is 2. The van der Waals surface area contributed by atoms with Crippen LogP contribution >= 0.6 is 11.6 Å². The van der Waals surface area contributed by atoms with Gasteiger partial charge in [0.05, 0.1) is 9.92 Å². The van der Waals surface area contributed by atoms with E-state index >= 15 is 0 Å². The first kappa shape index (κ1) is 16.9. The van der Waals surface area contributed by atoms with Crippen molar-refractivity contribution in [2.45, 2.75) is 24.4 Å². The Morgan fingerprint density at radius 3 is 2.50 bits per heavy atom. The summed E-state index contributed by atoms with van der Waals surface area (Å²) in [6, 6.07) is 8.73. The average molecular weight is 340 g/mol. The zero-order valence-corrected chi connectivity index (χ0v) is 13.9. The van der Waals surface area contributed by atoms with Crippen molar-refractivity contribution < 1.29 is 8.42 Å². The smallest absolute Gasteiger partial charge is 0.240 e.